The standard InChI is InChI=1S/C13H23N5O/c1-4-9(2)18(3)8-7-14-13(19)12-15-11(16-17-12)10-5-6-10/h9-10H,4-8H2,1-3H3,(H,14,19)(H,15,16,17). The minimum absolute atomic E-state index is 0.194. The van der Waals surface area contributed by atoms with Gasteiger partial charge >= 0.3 is 0 Å². The lowest BCUT2D eigenvalue weighted by molar-refractivity contribution is 0.0937. The van der Waals surface area contributed by atoms with Gasteiger partial charge in [-0.2, -0.15) is 0 Å². The summed E-state index contributed by atoms with van der Waals surface area (Å²) in [6, 6.07) is 0.530. The van der Waals surface area contributed by atoms with E-state index >= 15 is 0 Å². The Hall–Kier alpha value is -1.43. The molecule has 1 aromatic rings. The second kappa shape index (κ2) is 6.14. The molecule has 6 heteroatoms. The number of nitrogens with one attached hydrogen (secondary N) is 2. The van der Waals surface area contributed by atoms with Crippen molar-refractivity contribution in [3.05, 3.63) is 11.6 Å². The lowest BCUT2D eigenvalue weighted by Gasteiger charge is -2.23. The summed E-state index contributed by atoms with van der Waals surface area (Å²) in [7, 11) is 2.07. The van der Waals surface area contributed by atoms with E-state index < -0.39 is 0 Å². The van der Waals surface area contributed by atoms with Crippen molar-refractivity contribution in [2.45, 2.75) is 45.1 Å². The van der Waals surface area contributed by atoms with Crippen LogP contribution in [0.4, 0.5) is 0 Å². The summed E-state index contributed by atoms with van der Waals surface area (Å²) < 4.78 is 0. The van der Waals surface area contributed by atoms with Gasteiger partial charge in [-0.25, -0.2) is 4.98 Å². The van der Waals surface area contributed by atoms with Gasteiger partial charge in [0.25, 0.3) is 5.91 Å². The number of aromatic amines is 1. The topological polar surface area (TPSA) is 73.9 Å². The molecular weight excluding hydrogens is 242 g/mol. The second-order valence-corrected chi connectivity index (χ2v) is 5.31. The largest absolute Gasteiger partial charge is 0.348 e. The number of amides is 1. The second-order valence-electron chi connectivity index (χ2n) is 5.31. The van der Waals surface area contributed by atoms with Crippen LogP contribution in [0.3, 0.4) is 0 Å². The molecule has 0 saturated heterocycles. The third-order valence-electron chi connectivity index (χ3n) is 3.76. The van der Waals surface area contributed by atoms with Crippen molar-refractivity contribution in [2.75, 3.05) is 20.1 Å². The SMILES string of the molecule is CCC(C)N(C)CCNC(=O)c1n[nH]c(C2CC2)n1. The van der Waals surface area contributed by atoms with Gasteiger partial charge in [-0.3, -0.25) is 9.89 Å². The van der Waals surface area contributed by atoms with Crippen LogP contribution in [0.1, 0.15) is 55.5 Å². The van der Waals surface area contributed by atoms with E-state index in [9.17, 15) is 4.79 Å². The number of carbonyl (C=O) groups excluding carboxylic acids is 1. The first-order valence-electron chi connectivity index (χ1n) is 7.02. The van der Waals surface area contributed by atoms with Gasteiger partial charge < -0.3 is 10.2 Å². The van der Waals surface area contributed by atoms with E-state index in [1.165, 1.54) is 0 Å². The molecule has 1 saturated carbocycles. The Morgan fingerprint density at radius 3 is 2.95 bits per heavy atom. The smallest absolute Gasteiger partial charge is 0.291 e. The van der Waals surface area contributed by atoms with E-state index in [4.69, 9.17) is 0 Å². The number of H-pyrrole nitrogens is 1. The monoisotopic (exact) mass is 265 g/mol. The molecular formula is C13H23N5O. The summed E-state index contributed by atoms with van der Waals surface area (Å²) in [5, 5.41) is 9.66. The molecule has 1 heterocycles. The Kier molecular flexibility index (Phi) is 4.52. The molecule has 2 N–H and O–H groups in total. The Bertz CT molecular complexity index is 426. The highest BCUT2D eigenvalue weighted by Crippen LogP contribution is 2.37. The maximum Gasteiger partial charge on any atom is 0.291 e. The molecule has 6 nitrogen and oxygen atoms in total. The third-order valence-corrected chi connectivity index (χ3v) is 3.76. The number of hydrogen-bond acceptors (Lipinski definition) is 4. The van der Waals surface area contributed by atoms with E-state index in [0.717, 1.165) is 31.6 Å². The van der Waals surface area contributed by atoms with E-state index in [1.807, 2.05) is 0 Å². The van der Waals surface area contributed by atoms with Gasteiger partial charge in [-0.15, -0.1) is 5.10 Å². The zero-order valence-corrected chi connectivity index (χ0v) is 11.9. The van der Waals surface area contributed by atoms with E-state index in [2.05, 4.69) is 46.3 Å². The van der Waals surface area contributed by atoms with Crippen molar-refractivity contribution in [2.24, 2.45) is 0 Å². The summed E-state index contributed by atoms with van der Waals surface area (Å²) in [6.07, 6.45) is 3.40. The molecule has 1 atom stereocenters. The minimum atomic E-state index is -0.194. The molecule has 1 unspecified atom stereocenters. The van der Waals surface area contributed by atoms with Crippen LogP contribution in [0, 0.1) is 0 Å². The highest BCUT2D eigenvalue weighted by Gasteiger charge is 2.28. The van der Waals surface area contributed by atoms with Crippen LogP contribution in [0.2, 0.25) is 0 Å². The van der Waals surface area contributed by atoms with Gasteiger partial charge in [0.05, 0.1) is 0 Å². The average Bonchev–Trinajstić information content (AvgIpc) is 3.15. The van der Waals surface area contributed by atoms with Crippen LogP contribution in [-0.4, -0.2) is 52.2 Å². The van der Waals surface area contributed by atoms with Crippen LogP contribution in [0.5, 0.6) is 0 Å². The minimum Gasteiger partial charge on any atom is -0.348 e. The van der Waals surface area contributed by atoms with E-state index in [1.54, 1.807) is 0 Å². The van der Waals surface area contributed by atoms with Gasteiger partial charge in [-0.1, -0.05) is 6.92 Å². The molecule has 2 rings (SSSR count). The zero-order valence-electron chi connectivity index (χ0n) is 11.9. The number of hydrogen-bond donors (Lipinski definition) is 2. The fourth-order valence-corrected chi connectivity index (χ4v) is 1.87. The Morgan fingerprint density at radius 2 is 2.32 bits per heavy atom. The first kappa shape index (κ1) is 14.0. The molecule has 0 bridgehead atoms. The van der Waals surface area contributed by atoms with E-state index in [0.29, 0.717) is 18.5 Å². The highest BCUT2D eigenvalue weighted by molar-refractivity contribution is 5.90. The Labute approximate surface area is 114 Å². The summed E-state index contributed by atoms with van der Waals surface area (Å²) in [6.45, 7) is 5.79. The molecule has 1 fully saturated rings. The molecule has 1 aliphatic carbocycles. The maximum absolute atomic E-state index is 11.8. The average molecular weight is 265 g/mol. The molecule has 1 aliphatic rings. The van der Waals surface area contributed by atoms with Crippen molar-refractivity contribution in [1.82, 2.24) is 25.4 Å². The summed E-state index contributed by atoms with van der Waals surface area (Å²) in [5.41, 5.74) is 0. The first-order chi connectivity index (χ1) is 9.11. The van der Waals surface area contributed by atoms with Gasteiger partial charge in [0.2, 0.25) is 5.82 Å². The van der Waals surface area contributed by atoms with Crippen LogP contribution >= 0.6 is 0 Å². The molecule has 0 spiro atoms. The highest BCUT2D eigenvalue weighted by atomic mass is 16.2. The lowest BCUT2D eigenvalue weighted by Crippen LogP contribution is -2.37. The van der Waals surface area contributed by atoms with Crippen molar-refractivity contribution >= 4 is 5.91 Å². The van der Waals surface area contributed by atoms with Gasteiger partial charge in [0.1, 0.15) is 5.82 Å². The molecule has 0 radical (unpaired) electrons. The molecule has 1 aromatic heterocycles. The predicted octanol–water partition coefficient (Wildman–Crippen LogP) is 1.14. The van der Waals surface area contributed by atoms with Crippen LogP contribution in [-0.2, 0) is 0 Å². The number of nitrogens with zero attached hydrogens (tertiary/aromatic N) is 3. The zero-order chi connectivity index (χ0) is 13.8. The Morgan fingerprint density at radius 1 is 1.58 bits per heavy atom. The number of likely N-dealkylation sites (N-methyl/N-ethyl adjacent to an activating group) is 1. The normalized spacial score (nSPS) is 16.6. The number of rotatable bonds is 7. The van der Waals surface area contributed by atoms with Crippen LogP contribution in [0.15, 0.2) is 0 Å². The van der Waals surface area contributed by atoms with Crippen molar-refractivity contribution in [1.29, 1.82) is 0 Å². The quantitative estimate of drug-likeness (QED) is 0.775. The molecule has 106 valence electrons. The maximum atomic E-state index is 11.8. The third kappa shape index (κ3) is 3.76. The van der Waals surface area contributed by atoms with Gasteiger partial charge in [0, 0.05) is 25.0 Å². The summed E-state index contributed by atoms with van der Waals surface area (Å²) >= 11 is 0. The molecule has 1 amide bonds. The Balaban J connectivity index is 1.74. The predicted molar refractivity (Wildman–Crippen MR) is 73.1 cm³/mol. The number of carbonyl (C=O) groups is 1. The van der Waals surface area contributed by atoms with Gasteiger partial charge in [0.15, 0.2) is 0 Å². The van der Waals surface area contributed by atoms with Gasteiger partial charge in [-0.05, 0) is 33.2 Å². The van der Waals surface area contributed by atoms with Crippen LogP contribution < -0.4 is 5.32 Å². The summed E-state index contributed by atoms with van der Waals surface area (Å²) in [5.74, 6) is 1.40. The molecule has 0 aromatic carbocycles. The number of aromatic nitrogens is 3. The van der Waals surface area contributed by atoms with Crippen molar-refractivity contribution < 1.29 is 4.79 Å². The molecule has 19 heavy (non-hydrogen) atoms. The molecule has 0 aliphatic heterocycles. The fourth-order valence-electron chi connectivity index (χ4n) is 1.87. The lowest BCUT2D eigenvalue weighted by atomic mass is 10.2. The fraction of sp³-hybridized carbons (Fsp3) is 0.769. The van der Waals surface area contributed by atoms with Crippen molar-refractivity contribution in [3.63, 3.8) is 0 Å². The van der Waals surface area contributed by atoms with Crippen molar-refractivity contribution in [3.8, 4) is 0 Å². The van der Waals surface area contributed by atoms with Crippen LogP contribution in [0.25, 0.3) is 0 Å². The van der Waals surface area contributed by atoms with E-state index in [-0.39, 0.29) is 11.7 Å². The summed E-state index contributed by atoms with van der Waals surface area (Å²) in [4.78, 5) is 18.3. The first-order valence-corrected chi connectivity index (χ1v) is 7.02.